The minimum absolute atomic E-state index is 0.279. The van der Waals surface area contributed by atoms with E-state index in [-0.39, 0.29) is 5.56 Å². The van der Waals surface area contributed by atoms with Crippen LogP contribution in [0, 0.1) is 26.0 Å². The average molecular weight is 305 g/mol. The van der Waals surface area contributed by atoms with Gasteiger partial charge < -0.3 is 5.32 Å². The highest BCUT2D eigenvalue weighted by atomic mass is 19.1. The number of para-hydroxylation sites is 1. The highest BCUT2D eigenvalue weighted by Crippen LogP contribution is 2.24. The zero-order chi connectivity index (χ0) is 16.3. The number of hydrogen-bond acceptors (Lipinski definition) is 5. The van der Waals surface area contributed by atoms with Crippen LogP contribution in [0.3, 0.4) is 0 Å². The number of nitrogens with one attached hydrogen (secondary N) is 1. The van der Waals surface area contributed by atoms with E-state index < -0.39 is 38.6 Å². The minimum atomic E-state index is -0.938. The molecule has 0 aromatic heterocycles. The predicted octanol–water partition coefficient (Wildman–Crippen LogP) is 2.89. The van der Waals surface area contributed by atoms with Gasteiger partial charge in [0.15, 0.2) is 0 Å². The summed E-state index contributed by atoms with van der Waals surface area (Å²) in [4.78, 5) is 32.0. The van der Waals surface area contributed by atoms with E-state index in [0.717, 1.165) is 24.3 Å². The molecule has 22 heavy (non-hydrogen) atoms. The van der Waals surface area contributed by atoms with Gasteiger partial charge in [0.25, 0.3) is 17.3 Å². The van der Waals surface area contributed by atoms with Crippen LogP contribution in [0.4, 0.5) is 21.5 Å². The normalized spacial score (nSPS) is 10.0. The standard InChI is InChI=1S/C13H8FN3O5/c14-10-6-5-8(16(19)20)7-11(10)15-13(18)9-3-1-2-4-12(9)17(21)22/h1-7H,(H,15,18). The maximum atomic E-state index is 13.6. The highest BCUT2D eigenvalue weighted by Gasteiger charge is 2.21. The van der Waals surface area contributed by atoms with Crippen molar-refractivity contribution in [3.63, 3.8) is 0 Å². The quantitative estimate of drug-likeness (QED) is 0.688. The van der Waals surface area contributed by atoms with E-state index in [4.69, 9.17) is 0 Å². The second-order valence-electron chi connectivity index (χ2n) is 4.15. The largest absolute Gasteiger partial charge is 0.319 e. The molecule has 1 amide bonds. The number of nitro benzene ring substituents is 2. The Morgan fingerprint density at radius 2 is 1.73 bits per heavy atom. The molecular formula is C13H8FN3O5. The highest BCUT2D eigenvalue weighted by molar-refractivity contribution is 6.07. The second-order valence-corrected chi connectivity index (χ2v) is 4.15. The summed E-state index contributed by atoms with van der Waals surface area (Å²) in [5, 5.41) is 23.6. The van der Waals surface area contributed by atoms with E-state index in [1.165, 1.54) is 18.2 Å². The van der Waals surface area contributed by atoms with Gasteiger partial charge in [-0.05, 0) is 12.1 Å². The van der Waals surface area contributed by atoms with Crippen molar-refractivity contribution in [2.75, 3.05) is 5.32 Å². The van der Waals surface area contributed by atoms with Gasteiger partial charge in [-0.2, -0.15) is 0 Å². The number of benzene rings is 2. The molecule has 9 heteroatoms. The maximum Gasteiger partial charge on any atom is 0.282 e. The molecule has 2 aromatic rings. The molecule has 0 saturated heterocycles. The number of carbonyl (C=O) groups excluding carboxylic acids is 1. The van der Waals surface area contributed by atoms with Gasteiger partial charge in [0.05, 0.1) is 15.5 Å². The summed E-state index contributed by atoms with van der Waals surface area (Å²) in [6.45, 7) is 0. The fourth-order valence-corrected chi connectivity index (χ4v) is 1.74. The zero-order valence-electron chi connectivity index (χ0n) is 10.9. The Balaban J connectivity index is 2.36. The summed E-state index contributed by atoms with van der Waals surface area (Å²) in [6.07, 6.45) is 0. The third-order valence-corrected chi connectivity index (χ3v) is 2.75. The summed E-state index contributed by atoms with van der Waals surface area (Å²) in [5.74, 6) is -1.83. The van der Waals surface area contributed by atoms with Crippen molar-refractivity contribution in [3.05, 3.63) is 74.1 Å². The summed E-state index contributed by atoms with van der Waals surface area (Å²) < 4.78 is 13.6. The van der Waals surface area contributed by atoms with Gasteiger partial charge in [0.1, 0.15) is 11.4 Å². The molecule has 0 spiro atoms. The first-order valence-corrected chi connectivity index (χ1v) is 5.89. The number of non-ortho nitro benzene ring substituents is 1. The van der Waals surface area contributed by atoms with E-state index in [1.54, 1.807) is 0 Å². The van der Waals surface area contributed by atoms with Crippen molar-refractivity contribution in [1.82, 2.24) is 0 Å². The first-order valence-electron chi connectivity index (χ1n) is 5.89. The van der Waals surface area contributed by atoms with Crippen LogP contribution < -0.4 is 5.32 Å². The van der Waals surface area contributed by atoms with E-state index in [1.807, 2.05) is 0 Å². The van der Waals surface area contributed by atoms with Crippen LogP contribution in [0.2, 0.25) is 0 Å². The number of amides is 1. The van der Waals surface area contributed by atoms with E-state index in [2.05, 4.69) is 5.32 Å². The molecule has 0 unspecified atom stereocenters. The smallest absolute Gasteiger partial charge is 0.282 e. The summed E-state index contributed by atoms with van der Waals surface area (Å²) in [6, 6.07) is 7.71. The molecule has 0 radical (unpaired) electrons. The maximum absolute atomic E-state index is 13.6. The van der Waals surface area contributed by atoms with Crippen LogP contribution in [0.1, 0.15) is 10.4 Å². The first-order chi connectivity index (χ1) is 10.4. The van der Waals surface area contributed by atoms with Gasteiger partial charge in [-0.3, -0.25) is 25.0 Å². The summed E-state index contributed by atoms with van der Waals surface area (Å²) >= 11 is 0. The van der Waals surface area contributed by atoms with Gasteiger partial charge in [-0.15, -0.1) is 0 Å². The monoisotopic (exact) mass is 305 g/mol. The summed E-state index contributed by atoms with van der Waals surface area (Å²) in [5.41, 5.74) is -1.58. The van der Waals surface area contributed by atoms with Crippen LogP contribution in [-0.4, -0.2) is 15.8 Å². The van der Waals surface area contributed by atoms with Crippen molar-refractivity contribution in [3.8, 4) is 0 Å². The molecule has 112 valence electrons. The number of anilines is 1. The molecule has 0 fully saturated rings. The molecular weight excluding hydrogens is 297 g/mol. The van der Waals surface area contributed by atoms with Crippen molar-refractivity contribution < 1.29 is 19.0 Å². The Bertz CT molecular complexity index is 778. The first kappa shape index (κ1) is 15.0. The SMILES string of the molecule is O=C(Nc1cc([N+](=O)[O-])ccc1F)c1ccccc1[N+](=O)[O-]. The van der Waals surface area contributed by atoms with Crippen LogP contribution >= 0.6 is 0 Å². The third-order valence-electron chi connectivity index (χ3n) is 2.75. The molecule has 2 rings (SSSR count). The Labute approximate surface area is 122 Å². The van der Waals surface area contributed by atoms with E-state index in [0.29, 0.717) is 0 Å². The van der Waals surface area contributed by atoms with E-state index >= 15 is 0 Å². The van der Waals surface area contributed by atoms with Crippen molar-refractivity contribution >= 4 is 23.0 Å². The topological polar surface area (TPSA) is 115 Å². The number of halogens is 1. The molecule has 0 aliphatic rings. The minimum Gasteiger partial charge on any atom is -0.319 e. The van der Waals surface area contributed by atoms with Crippen LogP contribution in [-0.2, 0) is 0 Å². The lowest BCUT2D eigenvalue weighted by atomic mass is 10.1. The van der Waals surface area contributed by atoms with Gasteiger partial charge in [-0.1, -0.05) is 12.1 Å². The molecule has 0 aliphatic heterocycles. The number of hydrogen-bond donors (Lipinski definition) is 1. The molecule has 8 nitrogen and oxygen atoms in total. The lowest BCUT2D eigenvalue weighted by molar-refractivity contribution is -0.385. The number of nitro groups is 2. The molecule has 0 bridgehead atoms. The molecule has 1 N–H and O–H groups in total. The fraction of sp³-hybridized carbons (Fsp3) is 0. The lowest BCUT2D eigenvalue weighted by Gasteiger charge is -2.06. The van der Waals surface area contributed by atoms with Crippen molar-refractivity contribution in [2.45, 2.75) is 0 Å². The lowest BCUT2D eigenvalue weighted by Crippen LogP contribution is -2.15. The Kier molecular flexibility index (Phi) is 4.07. The predicted molar refractivity (Wildman–Crippen MR) is 74.1 cm³/mol. The number of nitrogens with zero attached hydrogens (tertiary/aromatic N) is 2. The van der Waals surface area contributed by atoms with Gasteiger partial charge in [0.2, 0.25) is 0 Å². The number of carbonyl (C=O) groups is 1. The van der Waals surface area contributed by atoms with Crippen molar-refractivity contribution in [2.24, 2.45) is 0 Å². The number of rotatable bonds is 4. The van der Waals surface area contributed by atoms with Gasteiger partial charge in [-0.25, -0.2) is 4.39 Å². The Hall–Kier alpha value is -3.36. The summed E-state index contributed by atoms with van der Waals surface area (Å²) in [7, 11) is 0. The van der Waals surface area contributed by atoms with Crippen LogP contribution in [0.5, 0.6) is 0 Å². The zero-order valence-corrected chi connectivity index (χ0v) is 10.9. The fourth-order valence-electron chi connectivity index (χ4n) is 1.74. The Morgan fingerprint density at radius 3 is 2.36 bits per heavy atom. The molecule has 0 saturated carbocycles. The van der Waals surface area contributed by atoms with E-state index in [9.17, 15) is 29.4 Å². The molecule has 0 heterocycles. The van der Waals surface area contributed by atoms with Gasteiger partial charge >= 0.3 is 0 Å². The Morgan fingerprint density at radius 1 is 1.05 bits per heavy atom. The van der Waals surface area contributed by atoms with Crippen LogP contribution in [0.25, 0.3) is 0 Å². The average Bonchev–Trinajstić information content (AvgIpc) is 2.49. The molecule has 0 aliphatic carbocycles. The molecule has 2 aromatic carbocycles. The molecule has 0 atom stereocenters. The van der Waals surface area contributed by atoms with Crippen LogP contribution in [0.15, 0.2) is 42.5 Å². The third kappa shape index (κ3) is 3.03. The van der Waals surface area contributed by atoms with Gasteiger partial charge in [0, 0.05) is 18.2 Å². The second kappa shape index (κ2) is 5.95. The van der Waals surface area contributed by atoms with Crippen molar-refractivity contribution in [1.29, 1.82) is 0 Å².